The number of H-pyrrole nitrogens is 1. The number of furan rings is 1. The molecule has 0 bridgehead atoms. The Hall–Kier alpha value is -2.23. The maximum Gasteiger partial charge on any atom is 0.126 e. The summed E-state index contributed by atoms with van der Waals surface area (Å²) in [4.78, 5) is 0. The van der Waals surface area contributed by atoms with Crippen LogP contribution in [0.4, 0.5) is 5.69 Å². The molecule has 2 aromatic heterocycles. The predicted octanol–water partition coefficient (Wildman–Crippen LogP) is 3.64. The highest BCUT2D eigenvalue weighted by molar-refractivity contribution is 5.90. The van der Waals surface area contributed by atoms with Gasteiger partial charge in [-0.25, -0.2) is 0 Å². The highest BCUT2D eigenvalue weighted by Gasteiger charge is 2.11. The first kappa shape index (κ1) is 10.9. The summed E-state index contributed by atoms with van der Waals surface area (Å²) in [5, 5.41) is 11.6. The first-order chi connectivity index (χ1) is 8.74. The van der Waals surface area contributed by atoms with Crippen molar-refractivity contribution in [1.82, 2.24) is 10.2 Å². The van der Waals surface area contributed by atoms with E-state index >= 15 is 0 Å². The first-order valence-corrected chi connectivity index (χ1v) is 5.99. The Kier molecular flexibility index (Phi) is 2.55. The van der Waals surface area contributed by atoms with E-state index in [2.05, 4.69) is 22.4 Å². The van der Waals surface area contributed by atoms with Crippen LogP contribution in [0.3, 0.4) is 0 Å². The number of hydrogen-bond donors (Lipinski definition) is 2. The SMILES string of the molecule is Cc1ccc(C(C)Nc2cccc3cn[nH]c23)o1. The fourth-order valence-corrected chi connectivity index (χ4v) is 2.08. The minimum atomic E-state index is 0.118. The molecule has 0 spiro atoms. The van der Waals surface area contributed by atoms with Crippen LogP contribution in [-0.2, 0) is 0 Å². The van der Waals surface area contributed by atoms with Crippen LogP contribution in [0, 0.1) is 6.92 Å². The van der Waals surface area contributed by atoms with Gasteiger partial charge in [0.05, 0.1) is 23.4 Å². The Labute approximate surface area is 105 Å². The van der Waals surface area contributed by atoms with Gasteiger partial charge in [-0.05, 0) is 32.0 Å². The minimum absolute atomic E-state index is 0.118. The van der Waals surface area contributed by atoms with E-state index in [0.717, 1.165) is 28.1 Å². The Morgan fingerprint density at radius 2 is 2.17 bits per heavy atom. The lowest BCUT2D eigenvalue weighted by atomic mass is 10.2. The number of hydrogen-bond acceptors (Lipinski definition) is 3. The van der Waals surface area contributed by atoms with Gasteiger partial charge in [-0.15, -0.1) is 0 Å². The molecule has 3 rings (SSSR count). The number of fused-ring (bicyclic) bond motifs is 1. The van der Waals surface area contributed by atoms with Gasteiger partial charge in [-0.3, -0.25) is 5.10 Å². The van der Waals surface area contributed by atoms with Crippen molar-refractivity contribution in [2.75, 3.05) is 5.32 Å². The van der Waals surface area contributed by atoms with E-state index in [1.54, 1.807) is 0 Å². The van der Waals surface area contributed by atoms with Crippen LogP contribution in [0.25, 0.3) is 10.9 Å². The van der Waals surface area contributed by atoms with Crippen LogP contribution in [0.15, 0.2) is 40.9 Å². The largest absolute Gasteiger partial charge is 0.464 e. The smallest absolute Gasteiger partial charge is 0.126 e. The van der Waals surface area contributed by atoms with Crippen molar-refractivity contribution in [1.29, 1.82) is 0 Å². The van der Waals surface area contributed by atoms with E-state index in [4.69, 9.17) is 4.42 Å². The molecule has 0 aliphatic carbocycles. The van der Waals surface area contributed by atoms with Crippen LogP contribution in [0.1, 0.15) is 24.5 Å². The van der Waals surface area contributed by atoms with E-state index in [-0.39, 0.29) is 6.04 Å². The average molecular weight is 241 g/mol. The Morgan fingerprint density at radius 1 is 1.28 bits per heavy atom. The summed E-state index contributed by atoms with van der Waals surface area (Å²) in [6.07, 6.45) is 1.82. The standard InChI is InChI=1S/C14H15N3O/c1-9-6-7-13(18-9)10(2)16-12-5-3-4-11-8-15-17-14(11)12/h3-8,10,16H,1-2H3,(H,15,17). The number of rotatable bonds is 3. The molecule has 1 aromatic carbocycles. The van der Waals surface area contributed by atoms with Gasteiger partial charge in [-0.1, -0.05) is 12.1 Å². The number of benzene rings is 1. The molecule has 3 aromatic rings. The summed E-state index contributed by atoms with van der Waals surface area (Å²) in [7, 11) is 0. The van der Waals surface area contributed by atoms with Crippen LogP contribution >= 0.6 is 0 Å². The predicted molar refractivity (Wildman–Crippen MR) is 71.6 cm³/mol. The Morgan fingerprint density at radius 3 is 2.94 bits per heavy atom. The fourth-order valence-electron chi connectivity index (χ4n) is 2.08. The van der Waals surface area contributed by atoms with E-state index in [9.17, 15) is 0 Å². The van der Waals surface area contributed by atoms with Crippen molar-refractivity contribution >= 4 is 16.6 Å². The second-order valence-electron chi connectivity index (χ2n) is 4.45. The fraction of sp³-hybridized carbons (Fsp3) is 0.214. The molecular formula is C14H15N3O. The van der Waals surface area contributed by atoms with E-state index in [0.29, 0.717) is 0 Å². The molecule has 0 aliphatic rings. The normalized spacial score (nSPS) is 12.8. The van der Waals surface area contributed by atoms with Crippen LogP contribution in [0.5, 0.6) is 0 Å². The van der Waals surface area contributed by atoms with E-state index < -0.39 is 0 Å². The summed E-state index contributed by atoms with van der Waals surface area (Å²) in [5.41, 5.74) is 2.05. The summed E-state index contributed by atoms with van der Waals surface area (Å²) < 4.78 is 5.62. The van der Waals surface area contributed by atoms with Crippen molar-refractivity contribution in [3.05, 3.63) is 48.0 Å². The number of anilines is 1. The van der Waals surface area contributed by atoms with Crippen LogP contribution < -0.4 is 5.32 Å². The second-order valence-corrected chi connectivity index (χ2v) is 4.45. The van der Waals surface area contributed by atoms with E-state index in [1.165, 1.54) is 0 Å². The number of nitrogens with zero attached hydrogens (tertiary/aromatic N) is 1. The lowest BCUT2D eigenvalue weighted by Gasteiger charge is -2.13. The highest BCUT2D eigenvalue weighted by atomic mass is 16.3. The number of aromatic nitrogens is 2. The molecule has 1 atom stereocenters. The molecule has 2 heterocycles. The average Bonchev–Trinajstić information content (AvgIpc) is 2.97. The summed E-state index contributed by atoms with van der Waals surface area (Å²) in [5.74, 6) is 1.86. The van der Waals surface area contributed by atoms with E-state index in [1.807, 2.05) is 43.5 Å². The van der Waals surface area contributed by atoms with Crippen molar-refractivity contribution < 1.29 is 4.42 Å². The molecule has 0 amide bonds. The molecule has 4 nitrogen and oxygen atoms in total. The number of aromatic amines is 1. The zero-order chi connectivity index (χ0) is 12.5. The third-order valence-electron chi connectivity index (χ3n) is 3.04. The quantitative estimate of drug-likeness (QED) is 0.736. The molecule has 1 unspecified atom stereocenters. The van der Waals surface area contributed by atoms with Gasteiger partial charge in [0.1, 0.15) is 11.5 Å². The van der Waals surface area contributed by atoms with Crippen molar-refractivity contribution in [2.45, 2.75) is 19.9 Å². The number of para-hydroxylation sites is 1. The second kappa shape index (κ2) is 4.22. The molecular weight excluding hydrogens is 226 g/mol. The topological polar surface area (TPSA) is 53.9 Å². The van der Waals surface area contributed by atoms with Gasteiger partial charge < -0.3 is 9.73 Å². The zero-order valence-electron chi connectivity index (χ0n) is 10.4. The molecule has 0 fully saturated rings. The van der Waals surface area contributed by atoms with Crippen molar-refractivity contribution in [3.63, 3.8) is 0 Å². The lowest BCUT2D eigenvalue weighted by molar-refractivity contribution is 0.467. The van der Waals surface area contributed by atoms with Gasteiger partial charge in [0.15, 0.2) is 0 Å². The van der Waals surface area contributed by atoms with Gasteiger partial charge in [0.2, 0.25) is 0 Å². The molecule has 0 radical (unpaired) electrons. The monoisotopic (exact) mass is 241 g/mol. The van der Waals surface area contributed by atoms with Gasteiger partial charge in [0.25, 0.3) is 0 Å². The molecule has 0 saturated carbocycles. The third-order valence-corrected chi connectivity index (χ3v) is 3.04. The van der Waals surface area contributed by atoms with Crippen molar-refractivity contribution in [3.8, 4) is 0 Å². The first-order valence-electron chi connectivity index (χ1n) is 5.99. The van der Waals surface area contributed by atoms with Crippen LogP contribution in [0.2, 0.25) is 0 Å². The lowest BCUT2D eigenvalue weighted by Crippen LogP contribution is -2.05. The maximum atomic E-state index is 5.62. The molecule has 4 heteroatoms. The van der Waals surface area contributed by atoms with Gasteiger partial charge in [-0.2, -0.15) is 5.10 Å². The van der Waals surface area contributed by atoms with Gasteiger partial charge in [0, 0.05) is 5.39 Å². The molecule has 0 saturated heterocycles. The summed E-state index contributed by atoms with van der Waals surface area (Å²) in [6.45, 7) is 4.03. The van der Waals surface area contributed by atoms with Gasteiger partial charge >= 0.3 is 0 Å². The number of aryl methyl sites for hydroxylation is 1. The molecule has 2 N–H and O–H groups in total. The van der Waals surface area contributed by atoms with Crippen LogP contribution in [-0.4, -0.2) is 10.2 Å². The minimum Gasteiger partial charge on any atom is -0.464 e. The van der Waals surface area contributed by atoms with Crippen molar-refractivity contribution in [2.24, 2.45) is 0 Å². The highest BCUT2D eigenvalue weighted by Crippen LogP contribution is 2.26. The molecule has 0 aliphatic heterocycles. The number of nitrogens with one attached hydrogen (secondary N) is 2. The summed E-state index contributed by atoms with van der Waals surface area (Å²) in [6, 6.07) is 10.2. The third kappa shape index (κ3) is 1.86. The Balaban J connectivity index is 1.90. The Bertz CT molecular complexity index is 668. The molecule has 92 valence electrons. The summed E-state index contributed by atoms with van der Waals surface area (Å²) >= 11 is 0. The maximum absolute atomic E-state index is 5.62. The zero-order valence-corrected chi connectivity index (χ0v) is 10.4. The molecule has 18 heavy (non-hydrogen) atoms.